The van der Waals surface area contributed by atoms with E-state index < -0.39 is 0 Å². The molecule has 0 spiro atoms. The summed E-state index contributed by atoms with van der Waals surface area (Å²) >= 11 is 0. The normalized spacial score (nSPS) is 15.3. The number of aromatic nitrogens is 3. The van der Waals surface area contributed by atoms with Crippen molar-refractivity contribution in [1.82, 2.24) is 19.8 Å². The Labute approximate surface area is 199 Å². The SMILES string of the molecule is CN(C)c1ccc(C2CC(c3ccc(-n4cncn4)cc3)=NN2C(=O)Cc2ccccc2)cc1. The predicted molar refractivity (Wildman–Crippen MR) is 133 cm³/mol. The van der Waals surface area contributed by atoms with Crippen LogP contribution in [0.5, 0.6) is 0 Å². The minimum atomic E-state index is -0.141. The number of amides is 1. The largest absolute Gasteiger partial charge is 0.378 e. The van der Waals surface area contributed by atoms with Gasteiger partial charge in [0.1, 0.15) is 12.7 Å². The lowest BCUT2D eigenvalue weighted by atomic mass is 9.97. The highest BCUT2D eigenvalue weighted by atomic mass is 16.2. The zero-order chi connectivity index (χ0) is 23.5. The first-order chi connectivity index (χ1) is 16.6. The third-order valence-corrected chi connectivity index (χ3v) is 6.04. The van der Waals surface area contributed by atoms with Crippen molar-refractivity contribution >= 4 is 17.3 Å². The maximum Gasteiger partial charge on any atom is 0.247 e. The third-order valence-electron chi connectivity index (χ3n) is 6.04. The number of benzene rings is 3. The Bertz CT molecular complexity index is 1280. The van der Waals surface area contributed by atoms with Crippen LogP contribution in [0.15, 0.2) is 96.6 Å². The molecule has 7 nitrogen and oxygen atoms in total. The lowest BCUT2D eigenvalue weighted by Gasteiger charge is -2.23. The van der Waals surface area contributed by atoms with E-state index in [2.05, 4.69) is 39.2 Å². The van der Waals surface area contributed by atoms with Gasteiger partial charge < -0.3 is 4.90 Å². The average molecular weight is 451 g/mol. The van der Waals surface area contributed by atoms with Crippen molar-refractivity contribution in [3.8, 4) is 5.69 Å². The van der Waals surface area contributed by atoms with Gasteiger partial charge in [0.15, 0.2) is 0 Å². The number of carbonyl (C=O) groups excluding carboxylic acids is 1. The number of hydrogen-bond donors (Lipinski definition) is 0. The van der Waals surface area contributed by atoms with E-state index in [1.165, 1.54) is 6.33 Å². The van der Waals surface area contributed by atoms with Crippen LogP contribution in [0.25, 0.3) is 5.69 Å². The number of anilines is 1. The van der Waals surface area contributed by atoms with E-state index in [4.69, 9.17) is 5.10 Å². The molecule has 0 aliphatic carbocycles. The molecule has 4 aromatic rings. The van der Waals surface area contributed by atoms with Crippen LogP contribution >= 0.6 is 0 Å². The molecule has 0 N–H and O–H groups in total. The molecular weight excluding hydrogens is 424 g/mol. The van der Waals surface area contributed by atoms with Gasteiger partial charge in [0.2, 0.25) is 5.91 Å². The van der Waals surface area contributed by atoms with E-state index in [-0.39, 0.29) is 11.9 Å². The number of hydrogen-bond acceptors (Lipinski definition) is 5. The molecule has 1 aliphatic heterocycles. The monoisotopic (exact) mass is 450 g/mol. The van der Waals surface area contributed by atoms with Gasteiger partial charge in [-0.3, -0.25) is 4.79 Å². The van der Waals surface area contributed by atoms with Gasteiger partial charge in [-0.2, -0.15) is 10.2 Å². The Hall–Kier alpha value is -4.26. The zero-order valence-corrected chi connectivity index (χ0v) is 19.2. The lowest BCUT2D eigenvalue weighted by Crippen LogP contribution is -2.28. The van der Waals surface area contributed by atoms with E-state index >= 15 is 0 Å². The molecule has 1 amide bonds. The molecule has 3 aromatic carbocycles. The van der Waals surface area contributed by atoms with Crippen molar-refractivity contribution in [2.45, 2.75) is 18.9 Å². The van der Waals surface area contributed by atoms with Crippen LogP contribution < -0.4 is 4.90 Å². The first-order valence-electron chi connectivity index (χ1n) is 11.2. The molecule has 1 unspecified atom stereocenters. The second-order valence-corrected chi connectivity index (χ2v) is 8.54. The molecule has 0 saturated heterocycles. The first kappa shape index (κ1) is 21.6. The van der Waals surface area contributed by atoms with Gasteiger partial charge >= 0.3 is 0 Å². The topological polar surface area (TPSA) is 66.6 Å². The van der Waals surface area contributed by atoms with Crippen molar-refractivity contribution in [3.63, 3.8) is 0 Å². The summed E-state index contributed by atoms with van der Waals surface area (Å²) in [7, 11) is 4.04. The number of carbonyl (C=O) groups is 1. The summed E-state index contributed by atoms with van der Waals surface area (Å²) in [5.74, 6) is -0.0119. The minimum absolute atomic E-state index is 0.0119. The van der Waals surface area contributed by atoms with E-state index in [1.807, 2.05) is 68.7 Å². The first-order valence-corrected chi connectivity index (χ1v) is 11.2. The van der Waals surface area contributed by atoms with Crippen molar-refractivity contribution in [3.05, 3.63) is 108 Å². The van der Waals surface area contributed by atoms with Crippen molar-refractivity contribution in [2.75, 3.05) is 19.0 Å². The number of hydrazone groups is 1. The quantitative estimate of drug-likeness (QED) is 0.440. The van der Waals surface area contributed by atoms with E-state index in [0.717, 1.165) is 33.8 Å². The van der Waals surface area contributed by atoms with Gasteiger partial charge in [0, 0.05) is 26.2 Å². The molecule has 1 aliphatic rings. The molecule has 34 heavy (non-hydrogen) atoms. The van der Waals surface area contributed by atoms with Crippen molar-refractivity contribution in [2.24, 2.45) is 5.10 Å². The van der Waals surface area contributed by atoms with E-state index in [9.17, 15) is 4.79 Å². The average Bonchev–Trinajstić information content (AvgIpc) is 3.56. The van der Waals surface area contributed by atoms with Crippen LogP contribution in [0.3, 0.4) is 0 Å². The Morgan fingerprint density at radius 2 is 1.71 bits per heavy atom. The second kappa shape index (κ2) is 9.31. The van der Waals surface area contributed by atoms with Crippen molar-refractivity contribution < 1.29 is 4.79 Å². The summed E-state index contributed by atoms with van der Waals surface area (Å²) in [5.41, 5.74) is 5.99. The second-order valence-electron chi connectivity index (χ2n) is 8.54. The van der Waals surface area contributed by atoms with E-state index in [0.29, 0.717) is 12.8 Å². The van der Waals surface area contributed by atoms with Gasteiger partial charge in [-0.15, -0.1) is 0 Å². The Balaban J connectivity index is 1.44. The molecule has 170 valence electrons. The van der Waals surface area contributed by atoms with Gasteiger partial charge in [-0.1, -0.05) is 54.6 Å². The fourth-order valence-electron chi connectivity index (χ4n) is 4.17. The summed E-state index contributed by atoms with van der Waals surface area (Å²) < 4.78 is 1.71. The highest BCUT2D eigenvalue weighted by Gasteiger charge is 2.33. The van der Waals surface area contributed by atoms with Crippen molar-refractivity contribution in [1.29, 1.82) is 0 Å². The molecule has 0 radical (unpaired) electrons. The summed E-state index contributed by atoms with van der Waals surface area (Å²) in [6, 6.07) is 26.0. The van der Waals surface area contributed by atoms with Crippen LogP contribution in [-0.2, 0) is 11.2 Å². The number of nitrogens with zero attached hydrogens (tertiary/aromatic N) is 6. The lowest BCUT2D eigenvalue weighted by molar-refractivity contribution is -0.132. The summed E-state index contributed by atoms with van der Waals surface area (Å²) in [5, 5.41) is 10.7. The van der Waals surface area contributed by atoms with Crippen LogP contribution in [0.1, 0.15) is 29.2 Å². The molecule has 1 aromatic heterocycles. The Morgan fingerprint density at radius 1 is 0.971 bits per heavy atom. The molecule has 0 fully saturated rings. The summed E-state index contributed by atoms with van der Waals surface area (Å²) in [6.45, 7) is 0. The Morgan fingerprint density at radius 3 is 2.35 bits per heavy atom. The predicted octanol–water partition coefficient (Wildman–Crippen LogP) is 4.25. The fraction of sp³-hybridized carbons (Fsp3) is 0.185. The summed E-state index contributed by atoms with van der Waals surface area (Å²) in [6.07, 6.45) is 4.15. The fourth-order valence-corrected chi connectivity index (χ4v) is 4.17. The van der Waals surface area contributed by atoms with Gasteiger partial charge in [-0.25, -0.2) is 14.7 Å². The third kappa shape index (κ3) is 4.45. The van der Waals surface area contributed by atoms with Gasteiger partial charge in [-0.05, 0) is 41.0 Å². The Kier molecular flexibility index (Phi) is 5.91. The summed E-state index contributed by atoms with van der Waals surface area (Å²) in [4.78, 5) is 19.4. The van der Waals surface area contributed by atoms with E-state index in [1.54, 1.807) is 16.0 Å². The smallest absolute Gasteiger partial charge is 0.247 e. The molecule has 5 rings (SSSR count). The highest BCUT2D eigenvalue weighted by Crippen LogP contribution is 2.34. The van der Waals surface area contributed by atoms with Crippen LogP contribution in [0.2, 0.25) is 0 Å². The van der Waals surface area contributed by atoms with Gasteiger partial charge in [0.25, 0.3) is 0 Å². The van der Waals surface area contributed by atoms with Crippen LogP contribution in [0, 0.1) is 0 Å². The standard InChI is InChI=1S/C27H26N6O/c1-31(2)23-12-10-22(11-13-23)26-17-25(21-8-14-24(15-9-21)32-19-28-18-29-32)30-33(26)27(34)16-20-6-4-3-5-7-20/h3-15,18-19,26H,16-17H2,1-2H3. The minimum Gasteiger partial charge on any atom is -0.378 e. The molecular formula is C27H26N6O. The zero-order valence-electron chi connectivity index (χ0n) is 19.2. The number of rotatable bonds is 6. The molecule has 1 atom stereocenters. The molecule has 0 bridgehead atoms. The molecule has 2 heterocycles. The van der Waals surface area contributed by atoms with Crippen LogP contribution in [0.4, 0.5) is 5.69 Å². The molecule has 7 heteroatoms. The maximum absolute atomic E-state index is 13.4. The van der Waals surface area contributed by atoms with Crippen LogP contribution in [-0.4, -0.2) is 45.5 Å². The molecule has 0 saturated carbocycles. The van der Waals surface area contributed by atoms with Gasteiger partial charge in [0.05, 0.1) is 23.9 Å². The highest BCUT2D eigenvalue weighted by molar-refractivity contribution is 6.03. The maximum atomic E-state index is 13.4.